The van der Waals surface area contributed by atoms with Crippen molar-refractivity contribution >= 4 is 0 Å². The molecule has 0 aliphatic heterocycles. The minimum atomic E-state index is -0.299. The second kappa shape index (κ2) is 5.71. The van der Waals surface area contributed by atoms with Gasteiger partial charge >= 0.3 is 0 Å². The van der Waals surface area contributed by atoms with E-state index in [0.29, 0.717) is 12.4 Å². The van der Waals surface area contributed by atoms with Gasteiger partial charge in [0.25, 0.3) is 0 Å². The third-order valence-corrected chi connectivity index (χ3v) is 2.43. The Morgan fingerprint density at radius 3 is 2.80 bits per heavy atom. The molecule has 0 aromatic heterocycles. The average molecular weight is 211 g/mol. The molecule has 0 heterocycles. The maximum atomic E-state index is 13.3. The quantitative estimate of drug-likeness (QED) is 0.808. The van der Waals surface area contributed by atoms with Gasteiger partial charge in [0.05, 0.1) is 0 Å². The minimum Gasteiger partial charge on any atom is -0.489 e. The molecule has 0 saturated heterocycles. The number of nitrogens with one attached hydrogen (secondary N) is 1. The molecule has 2 nitrogen and oxygen atoms in total. The predicted octanol–water partition coefficient (Wildman–Crippen LogP) is 2.51. The lowest BCUT2D eigenvalue weighted by Gasteiger charge is -2.15. The largest absolute Gasteiger partial charge is 0.489 e. The first-order valence-corrected chi connectivity index (χ1v) is 5.23. The highest BCUT2D eigenvalue weighted by atomic mass is 19.1. The van der Waals surface area contributed by atoms with Crippen LogP contribution < -0.4 is 10.1 Å². The van der Waals surface area contributed by atoms with Gasteiger partial charge in [-0.1, -0.05) is 13.0 Å². The zero-order chi connectivity index (χ0) is 11.3. The fourth-order valence-electron chi connectivity index (χ4n) is 1.32. The summed E-state index contributed by atoms with van der Waals surface area (Å²) < 4.78 is 18.7. The Morgan fingerprint density at radius 2 is 2.20 bits per heavy atom. The maximum absolute atomic E-state index is 13.3. The van der Waals surface area contributed by atoms with Crippen molar-refractivity contribution in [2.45, 2.75) is 26.3 Å². The van der Waals surface area contributed by atoms with E-state index in [1.54, 1.807) is 12.1 Å². The normalized spacial score (nSPS) is 12.5. The number of benzene rings is 1. The van der Waals surface area contributed by atoms with Gasteiger partial charge in [-0.15, -0.1) is 0 Å². The Labute approximate surface area is 90.4 Å². The summed E-state index contributed by atoms with van der Waals surface area (Å²) in [6, 6.07) is 5.16. The number of hydrogen-bond acceptors (Lipinski definition) is 2. The van der Waals surface area contributed by atoms with Crippen LogP contribution in [0.3, 0.4) is 0 Å². The van der Waals surface area contributed by atoms with Gasteiger partial charge in [-0.2, -0.15) is 0 Å². The fourth-order valence-corrected chi connectivity index (χ4v) is 1.32. The number of hydrogen-bond donors (Lipinski definition) is 1. The van der Waals surface area contributed by atoms with E-state index in [4.69, 9.17) is 4.74 Å². The van der Waals surface area contributed by atoms with Crippen LogP contribution in [0.15, 0.2) is 18.2 Å². The van der Waals surface area contributed by atoms with Crippen LogP contribution in [0.5, 0.6) is 5.75 Å². The Kier molecular flexibility index (Phi) is 4.56. The van der Waals surface area contributed by atoms with Crippen LogP contribution in [0.2, 0.25) is 0 Å². The van der Waals surface area contributed by atoms with E-state index in [9.17, 15) is 4.39 Å². The van der Waals surface area contributed by atoms with Crippen LogP contribution in [0, 0.1) is 12.7 Å². The third-order valence-electron chi connectivity index (χ3n) is 2.43. The number of halogens is 1. The minimum absolute atomic E-state index is 0.268. The van der Waals surface area contributed by atoms with Gasteiger partial charge in [0.15, 0.2) is 11.6 Å². The van der Waals surface area contributed by atoms with Crippen molar-refractivity contribution in [3.8, 4) is 5.75 Å². The Balaban J connectivity index is 2.60. The Morgan fingerprint density at radius 1 is 1.47 bits per heavy atom. The Bertz CT molecular complexity index is 310. The highest BCUT2D eigenvalue weighted by molar-refractivity contribution is 5.29. The van der Waals surface area contributed by atoms with Crippen LogP contribution in [0.1, 0.15) is 18.9 Å². The molecule has 1 rings (SSSR count). The molecule has 0 aliphatic rings. The number of rotatable bonds is 5. The molecule has 1 aromatic rings. The lowest BCUT2D eigenvalue weighted by Crippen LogP contribution is -2.30. The van der Waals surface area contributed by atoms with Gasteiger partial charge in [0.1, 0.15) is 6.61 Å². The highest BCUT2D eigenvalue weighted by Crippen LogP contribution is 2.18. The Hall–Kier alpha value is -1.09. The second-order valence-electron chi connectivity index (χ2n) is 3.64. The summed E-state index contributed by atoms with van der Waals surface area (Å²) in [5.74, 6) is 0.0373. The average Bonchev–Trinajstić information content (AvgIpc) is 2.24. The van der Waals surface area contributed by atoms with Crippen molar-refractivity contribution in [2.75, 3.05) is 13.7 Å². The molecule has 0 aliphatic carbocycles. The monoisotopic (exact) mass is 211 g/mol. The van der Waals surface area contributed by atoms with Crippen molar-refractivity contribution < 1.29 is 9.13 Å². The number of aryl methyl sites for hydroxylation is 1. The van der Waals surface area contributed by atoms with Crippen molar-refractivity contribution in [1.82, 2.24) is 5.32 Å². The lowest BCUT2D eigenvalue weighted by atomic mass is 10.2. The molecule has 15 heavy (non-hydrogen) atoms. The summed E-state index contributed by atoms with van der Waals surface area (Å²) in [7, 11) is 1.88. The summed E-state index contributed by atoms with van der Waals surface area (Å²) in [5, 5.41) is 3.11. The fraction of sp³-hybridized carbons (Fsp3) is 0.500. The van der Waals surface area contributed by atoms with Crippen LogP contribution in [0.4, 0.5) is 4.39 Å². The van der Waals surface area contributed by atoms with Gasteiger partial charge in [-0.3, -0.25) is 0 Å². The van der Waals surface area contributed by atoms with E-state index >= 15 is 0 Å². The zero-order valence-electron chi connectivity index (χ0n) is 9.51. The SMILES string of the molecule is CCC(COc1cc(C)ccc1F)NC. The van der Waals surface area contributed by atoms with E-state index < -0.39 is 0 Å². The molecule has 1 N–H and O–H groups in total. The van der Waals surface area contributed by atoms with Crippen molar-refractivity contribution in [1.29, 1.82) is 0 Å². The molecular weight excluding hydrogens is 193 g/mol. The third kappa shape index (κ3) is 3.51. The standard InChI is InChI=1S/C12H18FNO/c1-4-10(14-3)8-15-12-7-9(2)5-6-11(12)13/h5-7,10,14H,4,8H2,1-3H3. The summed E-state index contributed by atoms with van der Waals surface area (Å²) in [6.07, 6.45) is 0.962. The van der Waals surface area contributed by atoms with Crippen molar-refractivity contribution in [3.05, 3.63) is 29.6 Å². The zero-order valence-corrected chi connectivity index (χ0v) is 9.51. The number of ether oxygens (including phenoxy) is 1. The van der Waals surface area contributed by atoms with Gasteiger partial charge in [-0.25, -0.2) is 4.39 Å². The van der Waals surface area contributed by atoms with Gasteiger partial charge in [0.2, 0.25) is 0 Å². The summed E-state index contributed by atoms with van der Waals surface area (Å²) >= 11 is 0. The summed E-state index contributed by atoms with van der Waals surface area (Å²) in [6.45, 7) is 4.48. The van der Waals surface area contributed by atoms with E-state index in [-0.39, 0.29) is 11.9 Å². The molecule has 0 bridgehead atoms. The van der Waals surface area contributed by atoms with Gasteiger partial charge < -0.3 is 10.1 Å². The predicted molar refractivity (Wildman–Crippen MR) is 59.8 cm³/mol. The van der Waals surface area contributed by atoms with E-state index in [1.165, 1.54) is 6.07 Å². The first kappa shape index (κ1) is 12.0. The van der Waals surface area contributed by atoms with E-state index in [1.807, 2.05) is 14.0 Å². The molecule has 1 atom stereocenters. The first-order valence-electron chi connectivity index (χ1n) is 5.23. The lowest BCUT2D eigenvalue weighted by molar-refractivity contribution is 0.256. The van der Waals surface area contributed by atoms with E-state index in [0.717, 1.165) is 12.0 Å². The molecule has 0 saturated carbocycles. The topological polar surface area (TPSA) is 21.3 Å². The maximum Gasteiger partial charge on any atom is 0.165 e. The molecule has 3 heteroatoms. The summed E-state index contributed by atoms with van der Waals surface area (Å²) in [4.78, 5) is 0. The first-order chi connectivity index (χ1) is 7.17. The molecular formula is C12H18FNO. The van der Waals surface area contributed by atoms with Crippen LogP contribution in [-0.4, -0.2) is 19.7 Å². The molecule has 0 amide bonds. The molecule has 0 spiro atoms. The number of likely N-dealkylation sites (N-methyl/N-ethyl adjacent to an activating group) is 1. The van der Waals surface area contributed by atoms with Crippen molar-refractivity contribution in [2.24, 2.45) is 0 Å². The van der Waals surface area contributed by atoms with Gasteiger partial charge in [0, 0.05) is 6.04 Å². The van der Waals surface area contributed by atoms with Crippen LogP contribution in [-0.2, 0) is 0 Å². The molecule has 0 radical (unpaired) electrons. The molecule has 1 aromatic carbocycles. The van der Waals surface area contributed by atoms with E-state index in [2.05, 4.69) is 12.2 Å². The smallest absolute Gasteiger partial charge is 0.165 e. The molecule has 1 unspecified atom stereocenters. The molecule has 84 valence electrons. The highest BCUT2D eigenvalue weighted by Gasteiger charge is 2.07. The van der Waals surface area contributed by atoms with Crippen molar-refractivity contribution in [3.63, 3.8) is 0 Å². The van der Waals surface area contributed by atoms with Gasteiger partial charge in [-0.05, 0) is 38.1 Å². The summed E-state index contributed by atoms with van der Waals surface area (Å²) in [5.41, 5.74) is 1.00. The molecule has 0 fully saturated rings. The van der Waals surface area contributed by atoms with Crippen LogP contribution >= 0.6 is 0 Å². The van der Waals surface area contributed by atoms with Crippen LogP contribution in [0.25, 0.3) is 0 Å². The second-order valence-corrected chi connectivity index (χ2v) is 3.64.